The van der Waals surface area contributed by atoms with Crippen molar-refractivity contribution in [2.24, 2.45) is 0 Å². The lowest BCUT2D eigenvalue weighted by atomic mass is 9.84. The summed E-state index contributed by atoms with van der Waals surface area (Å²) in [6.07, 6.45) is 5.36. The number of thiophene rings is 1. The highest BCUT2D eigenvalue weighted by Gasteiger charge is 2.44. The van der Waals surface area contributed by atoms with Crippen molar-refractivity contribution in [2.75, 3.05) is 20.6 Å². The average molecular weight is 266 g/mol. The van der Waals surface area contributed by atoms with Crippen LogP contribution in [0.3, 0.4) is 0 Å². The van der Waals surface area contributed by atoms with E-state index in [4.69, 9.17) is 0 Å². The normalized spacial score (nSPS) is 20.5. The standard InChI is InChI=1S/C15H26N2S/c1-5-16-14(13-12(2)8-11-18-13)15(17(3)4)9-6-7-10-15/h8,11,14,16H,5-7,9-10H2,1-4H3. The second-order valence-corrected chi connectivity index (χ2v) is 6.61. The summed E-state index contributed by atoms with van der Waals surface area (Å²) in [4.78, 5) is 4.00. The minimum Gasteiger partial charge on any atom is -0.308 e. The van der Waals surface area contributed by atoms with Crippen LogP contribution in [0.2, 0.25) is 0 Å². The molecule has 1 fully saturated rings. The van der Waals surface area contributed by atoms with E-state index in [-0.39, 0.29) is 0 Å². The number of likely N-dealkylation sites (N-methyl/N-ethyl adjacent to an activating group) is 2. The van der Waals surface area contributed by atoms with Crippen LogP contribution in [0.15, 0.2) is 11.4 Å². The van der Waals surface area contributed by atoms with Crippen molar-refractivity contribution >= 4 is 11.3 Å². The molecule has 0 amide bonds. The molecule has 1 N–H and O–H groups in total. The maximum Gasteiger partial charge on any atom is 0.0604 e. The van der Waals surface area contributed by atoms with Gasteiger partial charge in [-0.25, -0.2) is 0 Å². The molecule has 0 radical (unpaired) electrons. The van der Waals surface area contributed by atoms with Crippen molar-refractivity contribution in [3.05, 3.63) is 21.9 Å². The van der Waals surface area contributed by atoms with Crippen LogP contribution in [-0.2, 0) is 0 Å². The van der Waals surface area contributed by atoms with E-state index in [0.29, 0.717) is 11.6 Å². The van der Waals surface area contributed by atoms with Gasteiger partial charge in [-0.2, -0.15) is 0 Å². The van der Waals surface area contributed by atoms with Crippen molar-refractivity contribution in [2.45, 2.75) is 51.1 Å². The summed E-state index contributed by atoms with van der Waals surface area (Å²) in [6, 6.07) is 2.74. The van der Waals surface area contributed by atoms with E-state index < -0.39 is 0 Å². The van der Waals surface area contributed by atoms with Crippen LogP contribution in [-0.4, -0.2) is 31.1 Å². The first-order valence-corrected chi connectivity index (χ1v) is 7.94. The van der Waals surface area contributed by atoms with Crippen molar-refractivity contribution in [3.63, 3.8) is 0 Å². The summed E-state index contributed by atoms with van der Waals surface area (Å²) in [6.45, 7) is 5.50. The van der Waals surface area contributed by atoms with Crippen molar-refractivity contribution in [1.82, 2.24) is 10.2 Å². The molecule has 3 heteroatoms. The predicted molar refractivity (Wildman–Crippen MR) is 80.4 cm³/mol. The van der Waals surface area contributed by atoms with Gasteiger partial charge in [0.25, 0.3) is 0 Å². The Morgan fingerprint density at radius 3 is 2.50 bits per heavy atom. The van der Waals surface area contributed by atoms with Crippen LogP contribution in [0.5, 0.6) is 0 Å². The summed E-state index contributed by atoms with van der Waals surface area (Å²) in [5, 5.41) is 5.99. The molecule has 2 rings (SSSR count). The summed E-state index contributed by atoms with van der Waals surface area (Å²) >= 11 is 1.91. The molecule has 1 aliphatic carbocycles. The summed E-state index contributed by atoms with van der Waals surface area (Å²) in [5.74, 6) is 0. The smallest absolute Gasteiger partial charge is 0.0604 e. The van der Waals surface area contributed by atoms with Gasteiger partial charge >= 0.3 is 0 Å². The van der Waals surface area contributed by atoms with E-state index in [1.807, 2.05) is 11.3 Å². The highest BCUT2D eigenvalue weighted by molar-refractivity contribution is 7.10. The number of hydrogen-bond acceptors (Lipinski definition) is 3. The Labute approximate surface area is 115 Å². The van der Waals surface area contributed by atoms with E-state index >= 15 is 0 Å². The topological polar surface area (TPSA) is 15.3 Å². The number of rotatable bonds is 5. The molecule has 0 aliphatic heterocycles. The zero-order valence-corrected chi connectivity index (χ0v) is 12.9. The fraction of sp³-hybridized carbons (Fsp3) is 0.733. The molecule has 102 valence electrons. The minimum absolute atomic E-state index is 0.311. The maximum atomic E-state index is 3.76. The van der Waals surface area contributed by atoms with Gasteiger partial charge in [0.15, 0.2) is 0 Å². The van der Waals surface area contributed by atoms with Gasteiger partial charge in [0, 0.05) is 10.4 Å². The van der Waals surface area contributed by atoms with Gasteiger partial charge in [-0.05, 0) is 57.4 Å². The van der Waals surface area contributed by atoms with Gasteiger partial charge in [-0.3, -0.25) is 0 Å². The molecule has 1 unspecified atom stereocenters. The van der Waals surface area contributed by atoms with Crippen LogP contribution in [0.1, 0.15) is 49.1 Å². The second kappa shape index (κ2) is 5.72. The molecule has 1 heterocycles. The Balaban J connectivity index is 2.37. The van der Waals surface area contributed by atoms with Gasteiger partial charge in [0.05, 0.1) is 6.04 Å². The van der Waals surface area contributed by atoms with E-state index in [1.165, 1.54) is 36.1 Å². The Morgan fingerprint density at radius 2 is 2.06 bits per heavy atom. The third kappa shape index (κ3) is 2.36. The highest BCUT2D eigenvalue weighted by Crippen LogP contribution is 2.45. The van der Waals surface area contributed by atoms with Crippen LogP contribution >= 0.6 is 11.3 Å². The Bertz CT molecular complexity index is 378. The monoisotopic (exact) mass is 266 g/mol. The molecule has 2 nitrogen and oxygen atoms in total. The molecule has 1 aromatic heterocycles. The number of nitrogens with zero attached hydrogens (tertiary/aromatic N) is 1. The van der Waals surface area contributed by atoms with Gasteiger partial charge in [0.2, 0.25) is 0 Å². The van der Waals surface area contributed by atoms with Gasteiger partial charge in [-0.1, -0.05) is 19.8 Å². The van der Waals surface area contributed by atoms with E-state index in [2.05, 4.69) is 49.6 Å². The van der Waals surface area contributed by atoms with Gasteiger partial charge in [0.1, 0.15) is 0 Å². The third-order valence-electron chi connectivity index (χ3n) is 4.47. The van der Waals surface area contributed by atoms with Crippen molar-refractivity contribution in [3.8, 4) is 0 Å². The molecule has 1 aromatic rings. The Morgan fingerprint density at radius 1 is 1.39 bits per heavy atom. The van der Waals surface area contributed by atoms with Crippen molar-refractivity contribution < 1.29 is 0 Å². The molecule has 1 aliphatic rings. The first-order valence-electron chi connectivity index (χ1n) is 7.06. The largest absolute Gasteiger partial charge is 0.308 e. The summed E-state index contributed by atoms with van der Waals surface area (Å²) in [5.41, 5.74) is 1.75. The lowest BCUT2D eigenvalue weighted by molar-refractivity contribution is 0.107. The third-order valence-corrected chi connectivity index (χ3v) is 5.55. The van der Waals surface area contributed by atoms with E-state index in [9.17, 15) is 0 Å². The molecule has 18 heavy (non-hydrogen) atoms. The molecule has 0 spiro atoms. The quantitative estimate of drug-likeness (QED) is 0.876. The number of aryl methyl sites for hydroxylation is 1. The minimum atomic E-state index is 0.311. The SMILES string of the molecule is CCNC(c1sccc1C)C1(N(C)C)CCCC1. The Hall–Kier alpha value is -0.380. The first kappa shape index (κ1) is 14.0. The fourth-order valence-electron chi connectivity index (χ4n) is 3.39. The van der Waals surface area contributed by atoms with Gasteiger partial charge in [-0.15, -0.1) is 11.3 Å². The molecule has 1 atom stereocenters. The summed E-state index contributed by atoms with van der Waals surface area (Å²) in [7, 11) is 4.50. The van der Waals surface area contributed by atoms with Crippen LogP contribution in [0.4, 0.5) is 0 Å². The highest BCUT2D eigenvalue weighted by atomic mass is 32.1. The molecule has 1 saturated carbocycles. The molecule has 0 saturated heterocycles. The Kier molecular flexibility index (Phi) is 4.46. The van der Waals surface area contributed by atoms with Crippen LogP contribution in [0, 0.1) is 6.92 Å². The maximum absolute atomic E-state index is 3.76. The first-order chi connectivity index (χ1) is 8.62. The van der Waals surface area contributed by atoms with E-state index in [1.54, 1.807) is 0 Å². The zero-order valence-electron chi connectivity index (χ0n) is 12.1. The van der Waals surface area contributed by atoms with Gasteiger partial charge < -0.3 is 10.2 Å². The summed E-state index contributed by atoms with van der Waals surface area (Å²) < 4.78 is 0. The number of hydrogen-bond donors (Lipinski definition) is 1. The molecule has 0 aromatic carbocycles. The fourth-order valence-corrected chi connectivity index (χ4v) is 4.50. The second-order valence-electron chi connectivity index (χ2n) is 5.66. The lowest BCUT2D eigenvalue weighted by Crippen LogP contribution is -2.51. The van der Waals surface area contributed by atoms with Crippen LogP contribution < -0.4 is 5.32 Å². The molecular weight excluding hydrogens is 240 g/mol. The molecular formula is C15H26N2S. The molecule has 0 bridgehead atoms. The predicted octanol–water partition coefficient (Wildman–Crippen LogP) is 3.58. The zero-order chi connectivity index (χ0) is 13.2. The average Bonchev–Trinajstić information content (AvgIpc) is 2.95. The number of nitrogens with one attached hydrogen (secondary N) is 1. The van der Waals surface area contributed by atoms with Crippen LogP contribution in [0.25, 0.3) is 0 Å². The van der Waals surface area contributed by atoms with E-state index in [0.717, 1.165) is 6.54 Å². The van der Waals surface area contributed by atoms with Crippen molar-refractivity contribution in [1.29, 1.82) is 0 Å². The lowest BCUT2D eigenvalue weighted by Gasteiger charge is -2.43.